The first kappa shape index (κ1) is 6.55. The molecule has 0 radical (unpaired) electrons. The zero-order valence-corrected chi connectivity index (χ0v) is 5.99. The number of hydrogen-bond acceptors (Lipinski definition) is 2. The van der Waals surface area contributed by atoms with Gasteiger partial charge in [0.15, 0.2) is 5.78 Å². The third kappa shape index (κ3) is 1.05. The van der Waals surface area contributed by atoms with Gasteiger partial charge in [-0.15, -0.1) is 0 Å². The number of carbonyl (C=O) groups is 1. The molecule has 11 heavy (non-hydrogen) atoms. The Kier molecular flexibility index (Phi) is 1.47. The van der Waals surface area contributed by atoms with E-state index in [0.717, 1.165) is 5.56 Å². The number of ketones is 1. The molecular weight excluding hydrogens is 140 g/mol. The molecular formula is C9H8O2. The standard InChI is InChI=1S/C9H8O2/c10-8-6-11-9(8)7-4-2-1-3-5-7/h1-5,9H,6H2/t9-/m1/s1. The van der Waals surface area contributed by atoms with Gasteiger partial charge in [-0.3, -0.25) is 4.79 Å². The van der Waals surface area contributed by atoms with E-state index in [1.165, 1.54) is 0 Å². The predicted octanol–water partition coefficient (Wildman–Crippen LogP) is 1.33. The third-order valence-electron chi connectivity index (χ3n) is 1.79. The van der Waals surface area contributed by atoms with E-state index in [1.807, 2.05) is 30.3 Å². The van der Waals surface area contributed by atoms with E-state index in [4.69, 9.17) is 4.74 Å². The highest BCUT2D eigenvalue weighted by atomic mass is 16.5. The van der Waals surface area contributed by atoms with Crippen LogP contribution in [0, 0.1) is 0 Å². The molecule has 2 heteroatoms. The van der Waals surface area contributed by atoms with Crippen LogP contribution < -0.4 is 0 Å². The maximum Gasteiger partial charge on any atom is 0.191 e. The fraction of sp³-hybridized carbons (Fsp3) is 0.222. The Labute approximate surface area is 64.8 Å². The first-order valence-electron chi connectivity index (χ1n) is 3.57. The average Bonchev–Trinajstić information content (AvgIpc) is 2.04. The number of Topliss-reactive ketones (excluding diaryl/α,β-unsaturated/α-hetero) is 1. The number of rotatable bonds is 1. The largest absolute Gasteiger partial charge is 0.358 e. The minimum absolute atomic E-state index is 0.177. The van der Waals surface area contributed by atoms with E-state index in [1.54, 1.807) is 0 Å². The molecule has 1 aliphatic rings. The number of carbonyl (C=O) groups excluding carboxylic acids is 1. The lowest BCUT2D eigenvalue weighted by molar-refractivity contribution is -0.155. The Morgan fingerprint density at radius 1 is 1.27 bits per heavy atom. The van der Waals surface area contributed by atoms with Crippen molar-refractivity contribution in [2.75, 3.05) is 6.61 Å². The second kappa shape index (κ2) is 2.47. The smallest absolute Gasteiger partial charge is 0.191 e. The van der Waals surface area contributed by atoms with E-state index in [0.29, 0.717) is 0 Å². The third-order valence-corrected chi connectivity index (χ3v) is 1.79. The van der Waals surface area contributed by atoms with Crippen LogP contribution in [-0.4, -0.2) is 12.4 Å². The molecule has 1 heterocycles. The topological polar surface area (TPSA) is 26.3 Å². The van der Waals surface area contributed by atoms with Crippen LogP contribution in [0.5, 0.6) is 0 Å². The highest BCUT2D eigenvalue weighted by Gasteiger charge is 2.30. The highest BCUT2D eigenvalue weighted by Crippen LogP contribution is 2.25. The average molecular weight is 148 g/mol. The van der Waals surface area contributed by atoms with E-state index in [9.17, 15) is 4.79 Å². The summed E-state index contributed by atoms with van der Waals surface area (Å²) in [6.07, 6.45) is -0.281. The van der Waals surface area contributed by atoms with Crippen molar-refractivity contribution in [2.24, 2.45) is 0 Å². The second-order valence-corrected chi connectivity index (χ2v) is 2.57. The summed E-state index contributed by atoms with van der Waals surface area (Å²) in [4.78, 5) is 10.9. The van der Waals surface area contributed by atoms with Gasteiger partial charge in [-0.2, -0.15) is 0 Å². The minimum atomic E-state index is -0.281. The zero-order chi connectivity index (χ0) is 7.68. The van der Waals surface area contributed by atoms with Crippen LogP contribution in [0.4, 0.5) is 0 Å². The Morgan fingerprint density at radius 3 is 2.45 bits per heavy atom. The molecule has 0 amide bonds. The quantitative estimate of drug-likeness (QED) is 0.600. The first-order chi connectivity index (χ1) is 5.38. The van der Waals surface area contributed by atoms with Crippen LogP contribution in [0.3, 0.4) is 0 Å². The molecule has 1 aromatic rings. The predicted molar refractivity (Wildman–Crippen MR) is 40.1 cm³/mol. The van der Waals surface area contributed by atoms with Gasteiger partial charge in [0, 0.05) is 0 Å². The molecule has 0 spiro atoms. The second-order valence-electron chi connectivity index (χ2n) is 2.57. The van der Waals surface area contributed by atoms with E-state index < -0.39 is 0 Å². The van der Waals surface area contributed by atoms with Crippen molar-refractivity contribution in [3.8, 4) is 0 Å². The zero-order valence-electron chi connectivity index (χ0n) is 5.99. The van der Waals surface area contributed by atoms with Crippen LogP contribution in [0.25, 0.3) is 0 Å². The number of hydrogen-bond donors (Lipinski definition) is 0. The van der Waals surface area contributed by atoms with Crippen LogP contribution in [0.15, 0.2) is 30.3 Å². The molecule has 1 saturated heterocycles. The van der Waals surface area contributed by atoms with Crippen molar-refractivity contribution in [1.29, 1.82) is 0 Å². The molecule has 2 nitrogen and oxygen atoms in total. The Balaban J connectivity index is 2.23. The minimum Gasteiger partial charge on any atom is -0.358 e. The molecule has 0 aromatic heterocycles. The molecule has 0 N–H and O–H groups in total. The summed E-state index contributed by atoms with van der Waals surface area (Å²) in [5.74, 6) is 0.177. The van der Waals surface area contributed by atoms with Gasteiger partial charge in [-0.1, -0.05) is 30.3 Å². The molecule has 0 aliphatic carbocycles. The van der Waals surface area contributed by atoms with Gasteiger partial charge >= 0.3 is 0 Å². The molecule has 56 valence electrons. The van der Waals surface area contributed by atoms with Gasteiger partial charge in [0.05, 0.1) is 0 Å². The van der Waals surface area contributed by atoms with E-state index >= 15 is 0 Å². The molecule has 0 bridgehead atoms. The summed E-state index contributed by atoms with van der Waals surface area (Å²) in [6, 6.07) is 9.55. The van der Waals surface area contributed by atoms with Crippen LogP contribution in [0.2, 0.25) is 0 Å². The normalized spacial score (nSPS) is 22.9. The summed E-state index contributed by atoms with van der Waals surface area (Å²) in [5.41, 5.74) is 0.962. The summed E-state index contributed by atoms with van der Waals surface area (Å²) >= 11 is 0. The summed E-state index contributed by atoms with van der Waals surface area (Å²) < 4.78 is 5.08. The van der Waals surface area contributed by atoms with Gasteiger partial charge in [0.25, 0.3) is 0 Å². The van der Waals surface area contributed by atoms with Crippen LogP contribution in [0.1, 0.15) is 11.7 Å². The Hall–Kier alpha value is -1.15. The van der Waals surface area contributed by atoms with E-state index in [2.05, 4.69) is 0 Å². The Morgan fingerprint density at radius 2 is 2.00 bits per heavy atom. The number of benzene rings is 1. The monoisotopic (exact) mass is 148 g/mol. The lowest BCUT2D eigenvalue weighted by atomic mass is 10.0. The van der Waals surface area contributed by atoms with Crippen molar-refractivity contribution < 1.29 is 9.53 Å². The molecule has 1 aromatic carbocycles. The first-order valence-corrected chi connectivity index (χ1v) is 3.57. The summed E-state index contributed by atoms with van der Waals surface area (Å²) in [5, 5.41) is 0. The molecule has 0 unspecified atom stereocenters. The molecule has 1 aliphatic heterocycles. The lowest BCUT2D eigenvalue weighted by Gasteiger charge is -2.24. The fourth-order valence-electron chi connectivity index (χ4n) is 1.14. The van der Waals surface area contributed by atoms with Gasteiger partial charge in [-0.05, 0) is 5.56 Å². The highest BCUT2D eigenvalue weighted by molar-refractivity contribution is 5.89. The molecule has 1 atom stereocenters. The van der Waals surface area contributed by atoms with Crippen molar-refractivity contribution in [2.45, 2.75) is 6.10 Å². The van der Waals surface area contributed by atoms with Crippen molar-refractivity contribution >= 4 is 5.78 Å². The molecule has 0 saturated carbocycles. The fourth-order valence-corrected chi connectivity index (χ4v) is 1.14. The number of ether oxygens (including phenoxy) is 1. The molecule has 2 rings (SSSR count). The summed E-state index contributed by atoms with van der Waals surface area (Å²) in [7, 11) is 0. The van der Waals surface area contributed by atoms with Crippen molar-refractivity contribution in [3.05, 3.63) is 35.9 Å². The lowest BCUT2D eigenvalue weighted by Crippen LogP contribution is -2.32. The Bertz CT molecular complexity index is 266. The van der Waals surface area contributed by atoms with Gasteiger partial charge in [0.2, 0.25) is 0 Å². The van der Waals surface area contributed by atoms with Crippen LogP contribution >= 0.6 is 0 Å². The summed E-state index contributed by atoms with van der Waals surface area (Å²) in [6.45, 7) is 0.277. The maximum atomic E-state index is 10.9. The molecule has 1 fully saturated rings. The van der Waals surface area contributed by atoms with Gasteiger partial charge in [-0.25, -0.2) is 0 Å². The SMILES string of the molecule is O=C1CO[C@@H]1c1ccccc1. The van der Waals surface area contributed by atoms with Gasteiger partial charge < -0.3 is 4.74 Å². The van der Waals surface area contributed by atoms with Crippen molar-refractivity contribution in [1.82, 2.24) is 0 Å². The van der Waals surface area contributed by atoms with Crippen LogP contribution in [-0.2, 0) is 9.53 Å². The van der Waals surface area contributed by atoms with E-state index in [-0.39, 0.29) is 18.5 Å². The van der Waals surface area contributed by atoms with Gasteiger partial charge in [0.1, 0.15) is 12.7 Å². The van der Waals surface area contributed by atoms with Crippen molar-refractivity contribution in [3.63, 3.8) is 0 Å². The maximum absolute atomic E-state index is 10.9.